The first kappa shape index (κ1) is 13.9. The molecular formula is C12H15ClFNO2. The summed E-state index contributed by atoms with van der Waals surface area (Å²) < 4.78 is 18.6. The van der Waals surface area contributed by atoms with Crippen molar-refractivity contribution in [3.63, 3.8) is 0 Å². The number of anilines is 1. The molecule has 0 aliphatic rings. The Hall–Kier alpha value is -1.13. The van der Waals surface area contributed by atoms with E-state index in [9.17, 15) is 9.18 Å². The second-order valence-corrected chi connectivity index (χ2v) is 3.99. The minimum absolute atomic E-state index is 0.214. The molecular weight excluding hydrogens is 245 g/mol. The van der Waals surface area contributed by atoms with Crippen LogP contribution in [0.3, 0.4) is 0 Å². The molecule has 0 bridgehead atoms. The third kappa shape index (κ3) is 3.17. The van der Waals surface area contributed by atoms with Crippen molar-refractivity contribution in [2.45, 2.75) is 20.0 Å². The normalized spacial score (nSPS) is 12.3. The second-order valence-electron chi connectivity index (χ2n) is 3.56. The average Bonchev–Trinajstić information content (AvgIpc) is 2.31. The van der Waals surface area contributed by atoms with E-state index in [-0.39, 0.29) is 11.6 Å². The first-order valence-electron chi connectivity index (χ1n) is 5.30. The van der Waals surface area contributed by atoms with Gasteiger partial charge < -0.3 is 9.64 Å². The van der Waals surface area contributed by atoms with Gasteiger partial charge in [-0.15, -0.1) is 0 Å². The van der Waals surface area contributed by atoms with E-state index in [4.69, 9.17) is 16.3 Å². The molecule has 0 saturated carbocycles. The van der Waals surface area contributed by atoms with Crippen molar-refractivity contribution in [2.24, 2.45) is 0 Å². The van der Waals surface area contributed by atoms with Crippen molar-refractivity contribution in [1.82, 2.24) is 0 Å². The second kappa shape index (κ2) is 5.98. The summed E-state index contributed by atoms with van der Waals surface area (Å²) in [6.45, 7) is 3.76. The molecule has 17 heavy (non-hydrogen) atoms. The van der Waals surface area contributed by atoms with E-state index in [1.165, 1.54) is 24.1 Å². The monoisotopic (exact) mass is 259 g/mol. The van der Waals surface area contributed by atoms with Gasteiger partial charge in [0.2, 0.25) is 0 Å². The summed E-state index contributed by atoms with van der Waals surface area (Å²) in [5, 5.41) is 0.301. The molecule has 0 saturated heterocycles. The van der Waals surface area contributed by atoms with Gasteiger partial charge in [-0.1, -0.05) is 11.6 Å². The summed E-state index contributed by atoms with van der Waals surface area (Å²) in [5.41, 5.74) is 0.214. The molecule has 0 unspecified atom stereocenters. The molecule has 1 atom stereocenters. The molecule has 0 spiro atoms. The number of ether oxygens (including phenoxy) is 1. The van der Waals surface area contributed by atoms with Crippen molar-refractivity contribution in [2.75, 3.05) is 18.6 Å². The number of carbonyl (C=O) groups excluding carboxylic acids is 1. The summed E-state index contributed by atoms with van der Waals surface area (Å²) in [4.78, 5) is 13.3. The molecule has 0 aliphatic carbocycles. The molecule has 0 radical (unpaired) electrons. The Morgan fingerprint density at radius 1 is 1.59 bits per heavy atom. The maximum Gasteiger partial charge on any atom is 0.255 e. The van der Waals surface area contributed by atoms with Crippen LogP contribution in [0.2, 0.25) is 5.02 Å². The zero-order valence-electron chi connectivity index (χ0n) is 10.0. The molecule has 1 amide bonds. The zero-order valence-corrected chi connectivity index (χ0v) is 10.8. The van der Waals surface area contributed by atoms with Crippen LogP contribution in [0, 0.1) is 5.82 Å². The van der Waals surface area contributed by atoms with Crippen LogP contribution in [-0.2, 0) is 9.53 Å². The summed E-state index contributed by atoms with van der Waals surface area (Å²) in [7, 11) is 1.44. The van der Waals surface area contributed by atoms with Gasteiger partial charge in [0, 0.05) is 18.7 Å². The van der Waals surface area contributed by atoms with Crippen molar-refractivity contribution in [3.05, 3.63) is 29.0 Å². The predicted octanol–water partition coefficient (Wildman–Crippen LogP) is 2.87. The van der Waals surface area contributed by atoms with E-state index in [1.54, 1.807) is 19.9 Å². The number of rotatable bonds is 4. The maximum absolute atomic E-state index is 13.7. The first-order valence-corrected chi connectivity index (χ1v) is 5.68. The molecule has 0 heterocycles. The minimum atomic E-state index is -0.606. The quantitative estimate of drug-likeness (QED) is 0.832. The fourth-order valence-corrected chi connectivity index (χ4v) is 1.62. The number of amides is 1. The van der Waals surface area contributed by atoms with Crippen molar-refractivity contribution in [3.8, 4) is 0 Å². The SMILES string of the molecule is CCN(C(=O)[C@H](C)OC)c1ccc(Cl)cc1F. The van der Waals surface area contributed by atoms with Gasteiger partial charge in [-0.3, -0.25) is 4.79 Å². The van der Waals surface area contributed by atoms with Gasteiger partial charge in [0.1, 0.15) is 11.9 Å². The van der Waals surface area contributed by atoms with Crippen LogP contribution in [0.25, 0.3) is 0 Å². The third-order valence-electron chi connectivity index (χ3n) is 2.48. The van der Waals surface area contributed by atoms with Crippen LogP contribution in [0.1, 0.15) is 13.8 Å². The number of methoxy groups -OCH3 is 1. The van der Waals surface area contributed by atoms with Gasteiger partial charge in [0.25, 0.3) is 5.91 Å². The lowest BCUT2D eigenvalue weighted by atomic mass is 10.2. The van der Waals surface area contributed by atoms with Crippen molar-refractivity contribution < 1.29 is 13.9 Å². The minimum Gasteiger partial charge on any atom is -0.372 e. The Labute approximate surface area is 105 Å². The van der Waals surface area contributed by atoms with E-state index in [1.807, 2.05) is 0 Å². The maximum atomic E-state index is 13.7. The lowest BCUT2D eigenvalue weighted by Gasteiger charge is -2.24. The highest BCUT2D eigenvalue weighted by molar-refractivity contribution is 6.30. The van der Waals surface area contributed by atoms with Crippen LogP contribution < -0.4 is 4.90 Å². The van der Waals surface area contributed by atoms with Crippen LogP contribution in [0.4, 0.5) is 10.1 Å². The Balaban J connectivity index is 3.05. The Kier molecular flexibility index (Phi) is 4.90. The van der Waals surface area contributed by atoms with Crippen molar-refractivity contribution in [1.29, 1.82) is 0 Å². The van der Waals surface area contributed by atoms with Crippen molar-refractivity contribution >= 4 is 23.2 Å². The smallest absolute Gasteiger partial charge is 0.255 e. The van der Waals surface area contributed by atoms with Gasteiger partial charge in [-0.25, -0.2) is 4.39 Å². The van der Waals surface area contributed by atoms with Gasteiger partial charge in [-0.05, 0) is 32.0 Å². The number of carbonyl (C=O) groups is 1. The molecule has 0 fully saturated rings. The molecule has 1 rings (SSSR count). The standard InChI is InChI=1S/C12H15ClFNO2/c1-4-15(12(16)8(2)17-3)11-6-5-9(13)7-10(11)14/h5-8H,4H2,1-3H3/t8-/m0/s1. The molecule has 1 aromatic carbocycles. The van der Waals surface area contributed by atoms with E-state index in [2.05, 4.69) is 0 Å². The van der Waals surface area contributed by atoms with E-state index >= 15 is 0 Å². The van der Waals surface area contributed by atoms with Crippen LogP contribution in [0.15, 0.2) is 18.2 Å². The number of likely N-dealkylation sites (N-methyl/N-ethyl adjacent to an activating group) is 1. The van der Waals surface area contributed by atoms with E-state index in [0.29, 0.717) is 11.6 Å². The molecule has 1 aromatic rings. The van der Waals surface area contributed by atoms with Crippen LogP contribution in [-0.4, -0.2) is 25.7 Å². The number of halogens is 2. The lowest BCUT2D eigenvalue weighted by molar-refractivity contribution is -0.127. The van der Waals surface area contributed by atoms with Gasteiger partial charge in [0.05, 0.1) is 5.69 Å². The summed E-state index contributed by atoms with van der Waals surface area (Å²) in [5.74, 6) is -0.799. The molecule has 3 nitrogen and oxygen atoms in total. The average molecular weight is 260 g/mol. The summed E-state index contributed by atoms with van der Waals surface area (Å²) in [6.07, 6.45) is -0.606. The topological polar surface area (TPSA) is 29.5 Å². The molecule has 0 aliphatic heterocycles. The highest BCUT2D eigenvalue weighted by atomic mass is 35.5. The first-order chi connectivity index (χ1) is 8.01. The largest absolute Gasteiger partial charge is 0.372 e. The highest BCUT2D eigenvalue weighted by Gasteiger charge is 2.22. The van der Waals surface area contributed by atoms with Gasteiger partial charge in [0.15, 0.2) is 0 Å². The zero-order chi connectivity index (χ0) is 13.0. The van der Waals surface area contributed by atoms with E-state index in [0.717, 1.165) is 0 Å². The molecule has 0 N–H and O–H groups in total. The van der Waals surface area contributed by atoms with Gasteiger partial charge in [-0.2, -0.15) is 0 Å². The predicted molar refractivity (Wildman–Crippen MR) is 65.9 cm³/mol. The highest BCUT2D eigenvalue weighted by Crippen LogP contribution is 2.23. The Morgan fingerprint density at radius 2 is 2.24 bits per heavy atom. The number of hydrogen-bond acceptors (Lipinski definition) is 2. The number of hydrogen-bond donors (Lipinski definition) is 0. The fourth-order valence-electron chi connectivity index (χ4n) is 1.47. The molecule has 94 valence electrons. The van der Waals surface area contributed by atoms with Crippen LogP contribution in [0.5, 0.6) is 0 Å². The number of benzene rings is 1. The summed E-state index contributed by atoms with van der Waals surface area (Å²) in [6, 6.07) is 4.22. The molecule has 5 heteroatoms. The fraction of sp³-hybridized carbons (Fsp3) is 0.417. The molecule has 0 aromatic heterocycles. The third-order valence-corrected chi connectivity index (χ3v) is 2.72. The Bertz CT molecular complexity index is 411. The van der Waals surface area contributed by atoms with Gasteiger partial charge >= 0.3 is 0 Å². The van der Waals surface area contributed by atoms with E-state index < -0.39 is 11.9 Å². The Morgan fingerprint density at radius 3 is 2.71 bits per heavy atom. The van der Waals surface area contributed by atoms with Crippen LogP contribution >= 0.6 is 11.6 Å². The lowest BCUT2D eigenvalue weighted by Crippen LogP contribution is -2.39. The summed E-state index contributed by atoms with van der Waals surface area (Å²) >= 11 is 5.67. The number of nitrogens with zero attached hydrogens (tertiary/aromatic N) is 1.